The molecule has 3 rings (SSSR count). The monoisotopic (exact) mass is 341 g/mol. The second-order valence-corrected chi connectivity index (χ2v) is 5.67. The summed E-state index contributed by atoms with van der Waals surface area (Å²) in [6.07, 6.45) is 1.64. The van der Waals surface area contributed by atoms with Crippen molar-refractivity contribution in [2.45, 2.75) is 31.4 Å². The van der Waals surface area contributed by atoms with Crippen LogP contribution < -0.4 is 11.2 Å². The number of nitrogens with zero attached hydrogens (tertiary/aromatic N) is 5. The molecule has 0 spiro atoms. The molecule has 3 atom stereocenters. The molecular formula is C11H15N7O2S2. The molecule has 2 aliphatic heterocycles. The van der Waals surface area contributed by atoms with Crippen molar-refractivity contribution in [1.82, 2.24) is 25.2 Å². The summed E-state index contributed by atoms with van der Waals surface area (Å²) < 4.78 is 15.1. The van der Waals surface area contributed by atoms with Crippen molar-refractivity contribution in [2.24, 2.45) is 10.8 Å². The topological polar surface area (TPSA) is 105 Å². The first kappa shape index (κ1) is 15.2. The number of fused-ring (bicyclic) bond motifs is 2. The molecule has 2 aliphatic rings. The van der Waals surface area contributed by atoms with E-state index in [1.165, 1.54) is 0 Å². The number of aromatic nitrogens is 4. The zero-order chi connectivity index (χ0) is 15.7. The average Bonchev–Trinajstić information content (AvgIpc) is 3.06. The molecule has 3 N–H and O–H groups in total. The van der Waals surface area contributed by atoms with E-state index in [1.807, 2.05) is 0 Å². The third-order valence-corrected chi connectivity index (χ3v) is 3.91. The highest BCUT2D eigenvalue weighted by Crippen LogP contribution is 2.33. The fraction of sp³-hybridized carbons (Fsp3) is 0.545. The van der Waals surface area contributed by atoms with Gasteiger partial charge in [-0.2, -0.15) is 5.10 Å². The van der Waals surface area contributed by atoms with Gasteiger partial charge in [0.2, 0.25) is 4.77 Å². The minimum absolute atomic E-state index is 0.0812. The summed E-state index contributed by atoms with van der Waals surface area (Å²) >= 11 is 10.1. The number of nitrogens with two attached hydrogens (primary N) is 1. The highest BCUT2D eigenvalue weighted by atomic mass is 32.1. The molecule has 0 saturated carbocycles. The molecule has 2 bridgehead atoms. The maximum absolute atomic E-state index is 5.79. The summed E-state index contributed by atoms with van der Waals surface area (Å²) in [6.45, 7) is 4.61. The van der Waals surface area contributed by atoms with Gasteiger partial charge in [0.25, 0.3) is 0 Å². The van der Waals surface area contributed by atoms with Crippen LogP contribution in [0.15, 0.2) is 17.8 Å². The molecule has 0 aromatic carbocycles. The molecule has 22 heavy (non-hydrogen) atoms. The highest BCUT2D eigenvalue weighted by Gasteiger charge is 2.44. The zero-order valence-electron chi connectivity index (χ0n) is 11.6. The van der Waals surface area contributed by atoms with Crippen molar-refractivity contribution in [3.63, 3.8) is 0 Å². The zero-order valence-corrected chi connectivity index (χ0v) is 13.2. The summed E-state index contributed by atoms with van der Waals surface area (Å²) in [5, 5.41) is 12.4. The summed E-state index contributed by atoms with van der Waals surface area (Å²) in [6, 6.07) is -0.142. The van der Waals surface area contributed by atoms with Crippen LogP contribution in [-0.2, 0) is 16.0 Å². The Morgan fingerprint density at radius 1 is 1.59 bits per heavy atom. The molecule has 3 heterocycles. The van der Waals surface area contributed by atoms with Crippen LogP contribution in [0.1, 0.15) is 12.5 Å². The van der Waals surface area contributed by atoms with Gasteiger partial charge in [-0.1, -0.05) is 6.08 Å². The lowest BCUT2D eigenvalue weighted by Crippen LogP contribution is -2.39. The lowest BCUT2D eigenvalue weighted by molar-refractivity contribution is -0.0324. The Labute approximate surface area is 136 Å². The van der Waals surface area contributed by atoms with Crippen LogP contribution in [-0.4, -0.2) is 49.6 Å². The molecule has 118 valence electrons. The Kier molecular flexibility index (Phi) is 4.29. The highest BCUT2D eigenvalue weighted by molar-refractivity contribution is 7.80. The Bertz CT molecular complexity index is 682. The van der Waals surface area contributed by atoms with Gasteiger partial charge < -0.3 is 15.2 Å². The van der Waals surface area contributed by atoms with Crippen LogP contribution in [0.2, 0.25) is 0 Å². The summed E-state index contributed by atoms with van der Waals surface area (Å²) in [5.41, 5.74) is 8.60. The van der Waals surface area contributed by atoms with Crippen LogP contribution in [0.4, 0.5) is 0 Å². The van der Waals surface area contributed by atoms with Gasteiger partial charge in [-0.25, -0.2) is 9.36 Å². The lowest BCUT2D eigenvalue weighted by Gasteiger charge is -2.27. The first-order valence-corrected chi connectivity index (χ1v) is 7.44. The molecule has 0 radical (unpaired) electrons. The van der Waals surface area contributed by atoms with E-state index >= 15 is 0 Å². The molecule has 0 unspecified atom stereocenters. The van der Waals surface area contributed by atoms with Gasteiger partial charge in [-0.3, -0.25) is 5.43 Å². The van der Waals surface area contributed by atoms with Crippen LogP contribution in [0.25, 0.3) is 0 Å². The van der Waals surface area contributed by atoms with Crippen LogP contribution in [0.3, 0.4) is 0 Å². The Balaban J connectivity index is 1.87. The summed E-state index contributed by atoms with van der Waals surface area (Å²) in [7, 11) is 0. The van der Waals surface area contributed by atoms with Crippen LogP contribution in [0, 0.1) is 4.77 Å². The molecule has 0 aliphatic carbocycles. The number of tetrazole rings is 1. The van der Waals surface area contributed by atoms with E-state index in [1.54, 1.807) is 15.4 Å². The molecule has 11 heteroatoms. The Hall–Kier alpha value is -1.69. The van der Waals surface area contributed by atoms with Gasteiger partial charge in [0.15, 0.2) is 11.4 Å². The quantitative estimate of drug-likeness (QED) is 0.443. The van der Waals surface area contributed by atoms with Crippen molar-refractivity contribution in [2.75, 3.05) is 6.61 Å². The lowest BCUT2D eigenvalue weighted by atomic mass is 10.0. The second kappa shape index (κ2) is 6.20. The largest absolute Gasteiger partial charge is 0.375 e. The molecular weight excluding hydrogens is 326 g/mol. The first-order valence-electron chi connectivity index (χ1n) is 6.62. The number of hydrogen-bond donors (Lipinski definition) is 2. The fourth-order valence-electron chi connectivity index (χ4n) is 2.44. The van der Waals surface area contributed by atoms with Crippen molar-refractivity contribution in [3.05, 3.63) is 17.4 Å². The smallest absolute Gasteiger partial charge is 0.216 e. The number of hydrazone groups is 1. The van der Waals surface area contributed by atoms with Gasteiger partial charge in [-0.05, 0) is 34.9 Å². The molecule has 0 amide bonds. The predicted octanol–water partition coefficient (Wildman–Crippen LogP) is -0.129. The summed E-state index contributed by atoms with van der Waals surface area (Å²) in [4.78, 5) is 0. The van der Waals surface area contributed by atoms with Crippen molar-refractivity contribution >= 4 is 35.3 Å². The van der Waals surface area contributed by atoms with Crippen molar-refractivity contribution in [3.8, 4) is 0 Å². The maximum atomic E-state index is 5.79. The fourth-order valence-corrected chi connectivity index (χ4v) is 2.77. The van der Waals surface area contributed by atoms with Crippen LogP contribution in [0.5, 0.6) is 0 Å². The molecule has 2 fully saturated rings. The number of thiocarbonyl (C=S) groups is 1. The minimum Gasteiger partial charge on any atom is -0.375 e. The van der Waals surface area contributed by atoms with Gasteiger partial charge in [-0.15, -0.1) is 6.58 Å². The molecule has 9 nitrogen and oxygen atoms in total. The number of rotatable bonds is 4. The standard InChI is InChI=1S/C11H15N7O2S2/c1-2-3-17-11(22)18(16-15-17)7-4-6(13-14-10(12)21)9-19-5-8(7)20-9/h2,7-9H,1,3-5H2,(H3,12,14,21)/b13-6+/t7-,8-,9-/m0/s1. The van der Waals surface area contributed by atoms with E-state index in [4.69, 9.17) is 39.6 Å². The summed E-state index contributed by atoms with van der Waals surface area (Å²) in [5.74, 6) is 0. The van der Waals surface area contributed by atoms with E-state index in [2.05, 4.69) is 27.5 Å². The third-order valence-electron chi connectivity index (χ3n) is 3.42. The molecule has 1 aromatic heterocycles. The average molecular weight is 341 g/mol. The molecule has 1 aromatic rings. The van der Waals surface area contributed by atoms with E-state index in [9.17, 15) is 0 Å². The van der Waals surface area contributed by atoms with Gasteiger partial charge >= 0.3 is 0 Å². The van der Waals surface area contributed by atoms with Crippen molar-refractivity contribution < 1.29 is 9.47 Å². The van der Waals surface area contributed by atoms with E-state index in [0.29, 0.717) is 30.1 Å². The second-order valence-electron chi connectivity index (χ2n) is 4.87. The van der Waals surface area contributed by atoms with E-state index in [0.717, 1.165) is 0 Å². The van der Waals surface area contributed by atoms with E-state index < -0.39 is 6.29 Å². The van der Waals surface area contributed by atoms with E-state index in [-0.39, 0.29) is 17.3 Å². The first-order chi connectivity index (χ1) is 10.6. The van der Waals surface area contributed by atoms with Gasteiger partial charge in [0.1, 0.15) is 6.10 Å². The maximum Gasteiger partial charge on any atom is 0.216 e. The predicted molar refractivity (Wildman–Crippen MR) is 84.7 cm³/mol. The van der Waals surface area contributed by atoms with Crippen LogP contribution >= 0.6 is 24.4 Å². The number of ether oxygens (including phenoxy) is 2. The van der Waals surface area contributed by atoms with Gasteiger partial charge in [0.05, 0.1) is 24.9 Å². The number of allylic oxidation sites excluding steroid dienone is 1. The third kappa shape index (κ3) is 2.79. The van der Waals surface area contributed by atoms with Gasteiger partial charge in [0, 0.05) is 6.42 Å². The normalized spacial score (nSPS) is 28.7. The number of nitrogens with one attached hydrogen (secondary N) is 1. The number of hydrogen-bond acceptors (Lipinski definition) is 7. The minimum atomic E-state index is -0.486. The molecule has 2 saturated heterocycles. The SMILES string of the molecule is C=CCn1nnn([C@H]2C/C(=N\NC(N)=S)[C@H]3OC[C@@H]2O3)c1=S. The Morgan fingerprint density at radius 2 is 2.41 bits per heavy atom. The van der Waals surface area contributed by atoms with Crippen molar-refractivity contribution in [1.29, 1.82) is 0 Å². The Morgan fingerprint density at radius 3 is 3.14 bits per heavy atom.